The molecular formula is C21H36O5S. The maximum absolute atomic E-state index is 11.2. The fourth-order valence-electron chi connectivity index (χ4n) is 8.31. The van der Waals surface area contributed by atoms with Gasteiger partial charge in [0.2, 0.25) is 0 Å². The first-order chi connectivity index (χ1) is 12.5. The van der Waals surface area contributed by atoms with Crippen LogP contribution >= 0.6 is 0 Å². The molecule has 4 fully saturated rings. The van der Waals surface area contributed by atoms with E-state index in [0.717, 1.165) is 44.4 Å². The van der Waals surface area contributed by atoms with Crippen LogP contribution in [0.15, 0.2) is 0 Å². The molecule has 5 nitrogen and oxygen atoms in total. The van der Waals surface area contributed by atoms with Gasteiger partial charge < -0.3 is 5.11 Å². The van der Waals surface area contributed by atoms with E-state index in [9.17, 15) is 13.5 Å². The van der Waals surface area contributed by atoms with Crippen LogP contribution in [0.4, 0.5) is 0 Å². The van der Waals surface area contributed by atoms with E-state index in [1.54, 1.807) is 6.92 Å². The van der Waals surface area contributed by atoms with Crippen molar-refractivity contribution in [3.8, 4) is 0 Å². The molecule has 0 spiro atoms. The van der Waals surface area contributed by atoms with E-state index in [4.69, 9.17) is 8.74 Å². The molecule has 0 bridgehead atoms. The highest BCUT2D eigenvalue weighted by atomic mass is 32.3. The van der Waals surface area contributed by atoms with Crippen LogP contribution in [0.2, 0.25) is 0 Å². The van der Waals surface area contributed by atoms with Crippen molar-refractivity contribution in [1.82, 2.24) is 0 Å². The fourth-order valence-corrected chi connectivity index (χ4v) is 8.82. The quantitative estimate of drug-likeness (QED) is 0.693. The number of hydrogen-bond donors (Lipinski definition) is 2. The molecule has 156 valence electrons. The molecule has 0 heterocycles. The van der Waals surface area contributed by atoms with E-state index in [0.29, 0.717) is 23.2 Å². The molecule has 0 radical (unpaired) electrons. The van der Waals surface area contributed by atoms with Gasteiger partial charge in [-0.3, -0.25) is 4.55 Å². The third-order valence-corrected chi connectivity index (χ3v) is 10.1. The van der Waals surface area contributed by atoms with Gasteiger partial charge in [-0.05, 0) is 105 Å². The summed E-state index contributed by atoms with van der Waals surface area (Å²) in [4.78, 5) is 0. The predicted octanol–water partition coefficient (Wildman–Crippen LogP) is 4.21. The van der Waals surface area contributed by atoms with Crippen LogP contribution in [0.3, 0.4) is 0 Å². The van der Waals surface area contributed by atoms with Crippen LogP contribution < -0.4 is 0 Å². The number of fused-ring (bicyclic) bond motifs is 5. The highest BCUT2D eigenvalue weighted by Gasteiger charge is 2.61. The molecule has 0 saturated heterocycles. The van der Waals surface area contributed by atoms with Crippen molar-refractivity contribution < 1.29 is 22.3 Å². The summed E-state index contributed by atoms with van der Waals surface area (Å²) in [7, 11) is -4.40. The first-order valence-electron chi connectivity index (χ1n) is 10.9. The van der Waals surface area contributed by atoms with Crippen molar-refractivity contribution in [2.75, 3.05) is 0 Å². The zero-order valence-electron chi connectivity index (χ0n) is 16.9. The molecular weight excluding hydrogens is 364 g/mol. The van der Waals surface area contributed by atoms with Crippen molar-refractivity contribution in [2.24, 2.45) is 40.4 Å². The van der Waals surface area contributed by atoms with Crippen molar-refractivity contribution in [1.29, 1.82) is 0 Å². The van der Waals surface area contributed by atoms with Gasteiger partial charge in [-0.2, -0.15) is 8.42 Å². The molecule has 4 aliphatic rings. The molecule has 0 aromatic heterocycles. The summed E-state index contributed by atoms with van der Waals surface area (Å²) in [6, 6.07) is 0. The maximum atomic E-state index is 11.2. The summed E-state index contributed by atoms with van der Waals surface area (Å²) < 4.78 is 36.6. The van der Waals surface area contributed by atoms with Crippen LogP contribution in [0.25, 0.3) is 0 Å². The van der Waals surface area contributed by atoms with Gasteiger partial charge in [0.1, 0.15) is 0 Å². The van der Waals surface area contributed by atoms with Gasteiger partial charge in [0, 0.05) is 0 Å². The first-order valence-corrected chi connectivity index (χ1v) is 12.2. The molecule has 0 aromatic rings. The summed E-state index contributed by atoms with van der Waals surface area (Å²) >= 11 is 0. The van der Waals surface area contributed by atoms with Gasteiger partial charge in [0.25, 0.3) is 0 Å². The zero-order valence-corrected chi connectivity index (χ0v) is 17.7. The lowest BCUT2D eigenvalue weighted by molar-refractivity contribution is -0.131. The summed E-state index contributed by atoms with van der Waals surface area (Å²) in [5.41, 5.74) is 0.459. The van der Waals surface area contributed by atoms with Gasteiger partial charge in [-0.1, -0.05) is 13.8 Å². The Hall–Kier alpha value is -0.170. The molecule has 4 aliphatic carbocycles. The molecule has 4 saturated carbocycles. The summed E-state index contributed by atoms with van der Waals surface area (Å²) in [5, 5.41) is 10.2. The average Bonchev–Trinajstić information content (AvgIpc) is 2.91. The van der Waals surface area contributed by atoms with Crippen molar-refractivity contribution >= 4 is 10.4 Å². The molecule has 0 aromatic carbocycles. The largest absolute Gasteiger partial charge is 0.397 e. The van der Waals surface area contributed by atoms with E-state index in [1.807, 2.05) is 0 Å². The molecule has 2 N–H and O–H groups in total. The molecule has 0 unspecified atom stereocenters. The topological polar surface area (TPSA) is 83.8 Å². The molecule has 0 aliphatic heterocycles. The Balaban J connectivity index is 1.55. The lowest BCUT2D eigenvalue weighted by Crippen LogP contribution is -2.54. The smallest absolute Gasteiger partial charge is 0.393 e. The van der Waals surface area contributed by atoms with Crippen molar-refractivity contribution in [3.05, 3.63) is 0 Å². The van der Waals surface area contributed by atoms with Crippen LogP contribution in [0, 0.1) is 40.4 Å². The molecule has 6 heteroatoms. The maximum Gasteiger partial charge on any atom is 0.397 e. The lowest BCUT2D eigenvalue weighted by Gasteiger charge is -2.61. The van der Waals surface area contributed by atoms with E-state index < -0.39 is 16.5 Å². The van der Waals surface area contributed by atoms with Gasteiger partial charge in [0.05, 0.1) is 12.2 Å². The number of aliphatic hydroxyl groups is 1. The summed E-state index contributed by atoms with van der Waals surface area (Å²) in [6.07, 6.45) is 9.42. The monoisotopic (exact) mass is 400 g/mol. The Morgan fingerprint density at radius 2 is 1.63 bits per heavy atom. The summed E-state index contributed by atoms with van der Waals surface area (Å²) in [5.74, 6) is 2.91. The second-order valence-electron chi connectivity index (χ2n) is 10.5. The van der Waals surface area contributed by atoms with Gasteiger partial charge in [-0.25, -0.2) is 4.18 Å². The SMILES string of the molecule is C[C@@H](OS(=O)(=O)O)[C@H]1CC[C@H]2[C@@H]3CC[C@@H]4C[C@H](O)CC[C@]4(C)[C@H]3CC[C@]12C. The summed E-state index contributed by atoms with van der Waals surface area (Å²) in [6.45, 7) is 6.63. The highest BCUT2D eigenvalue weighted by molar-refractivity contribution is 7.80. The van der Waals surface area contributed by atoms with Crippen LogP contribution in [0.1, 0.15) is 78.6 Å². The second kappa shape index (κ2) is 6.68. The van der Waals surface area contributed by atoms with Crippen LogP contribution in [-0.4, -0.2) is 30.3 Å². The first kappa shape index (κ1) is 20.1. The van der Waals surface area contributed by atoms with E-state index in [-0.39, 0.29) is 17.4 Å². The van der Waals surface area contributed by atoms with Crippen LogP contribution in [0.5, 0.6) is 0 Å². The van der Waals surface area contributed by atoms with E-state index in [1.165, 1.54) is 19.3 Å². The predicted molar refractivity (Wildman–Crippen MR) is 103 cm³/mol. The normalized spacial score (nSPS) is 51.1. The number of rotatable bonds is 3. The fraction of sp³-hybridized carbons (Fsp3) is 1.00. The minimum Gasteiger partial charge on any atom is -0.393 e. The van der Waals surface area contributed by atoms with Gasteiger partial charge in [0.15, 0.2) is 0 Å². The van der Waals surface area contributed by atoms with Gasteiger partial charge >= 0.3 is 10.4 Å². The highest BCUT2D eigenvalue weighted by Crippen LogP contribution is 2.67. The molecule has 4 rings (SSSR count). The third-order valence-electron chi connectivity index (χ3n) is 9.55. The minimum atomic E-state index is -4.40. The Bertz CT molecular complexity index is 678. The third kappa shape index (κ3) is 3.28. The van der Waals surface area contributed by atoms with E-state index >= 15 is 0 Å². The minimum absolute atomic E-state index is 0.0999. The Kier molecular flexibility index (Phi) is 4.98. The average molecular weight is 401 g/mol. The Morgan fingerprint density at radius 1 is 0.963 bits per heavy atom. The molecule has 0 amide bonds. The lowest BCUT2D eigenvalue weighted by atomic mass is 9.44. The van der Waals surface area contributed by atoms with Crippen molar-refractivity contribution in [2.45, 2.75) is 90.8 Å². The van der Waals surface area contributed by atoms with Gasteiger partial charge in [-0.15, -0.1) is 0 Å². The van der Waals surface area contributed by atoms with Crippen molar-refractivity contribution in [3.63, 3.8) is 0 Å². The molecule has 27 heavy (non-hydrogen) atoms. The second-order valence-corrected chi connectivity index (χ2v) is 11.6. The number of hydrogen-bond acceptors (Lipinski definition) is 4. The molecule has 9 atom stereocenters. The zero-order chi connectivity index (χ0) is 19.6. The number of aliphatic hydroxyl groups excluding tert-OH is 1. The van der Waals surface area contributed by atoms with E-state index in [2.05, 4.69) is 13.8 Å². The van der Waals surface area contributed by atoms with Crippen LogP contribution in [-0.2, 0) is 14.6 Å². The standard InChI is InChI=1S/C21H36O5S/c1-13(26-27(23,24)25)17-6-7-18-16-5-4-14-12-15(22)8-10-20(14,2)19(16)9-11-21(17,18)3/h13-19,22H,4-12H2,1-3H3,(H,23,24,25)/t13-,14-,15-,16+,17-,18+,19+,20+,21-/m1/s1. The Labute approximate surface area is 164 Å². The Morgan fingerprint density at radius 3 is 2.33 bits per heavy atom.